The number of aromatic hydroxyl groups is 1. The lowest BCUT2D eigenvalue weighted by atomic mass is 9.98. The van der Waals surface area contributed by atoms with E-state index in [4.69, 9.17) is 22.1 Å². The smallest absolute Gasteiger partial charge is 0.416 e. The van der Waals surface area contributed by atoms with Crippen LogP contribution in [0.25, 0.3) is 17.2 Å². The molecule has 6 nitrogen and oxygen atoms in total. The predicted molar refractivity (Wildman–Crippen MR) is 131 cm³/mol. The number of rotatable bonds is 9. The van der Waals surface area contributed by atoms with E-state index < -0.39 is 29.4 Å². The first kappa shape index (κ1) is 27.5. The first-order chi connectivity index (χ1) is 16.9. The van der Waals surface area contributed by atoms with Crippen LogP contribution in [0.3, 0.4) is 0 Å². The molecule has 0 atom stereocenters. The number of ether oxygens (including phenoxy) is 1. The van der Waals surface area contributed by atoms with Crippen molar-refractivity contribution in [1.29, 1.82) is 0 Å². The van der Waals surface area contributed by atoms with E-state index in [2.05, 4.69) is 0 Å². The van der Waals surface area contributed by atoms with Gasteiger partial charge in [0.1, 0.15) is 10.1 Å². The van der Waals surface area contributed by atoms with Crippen molar-refractivity contribution < 1.29 is 42.1 Å². The molecule has 1 saturated heterocycles. The number of thiocarbonyl (C=S) groups is 1. The van der Waals surface area contributed by atoms with Gasteiger partial charge in [0, 0.05) is 24.1 Å². The molecule has 0 radical (unpaired) electrons. The summed E-state index contributed by atoms with van der Waals surface area (Å²) in [5.74, 6) is -2.74. The molecule has 3 rings (SSSR count). The van der Waals surface area contributed by atoms with Gasteiger partial charge in [-0.25, -0.2) is 4.39 Å². The van der Waals surface area contributed by atoms with Gasteiger partial charge in [-0.05, 0) is 54.8 Å². The van der Waals surface area contributed by atoms with Gasteiger partial charge in [-0.15, -0.1) is 0 Å². The monoisotopic (exact) mass is 543 g/mol. The molecule has 0 spiro atoms. The molecule has 36 heavy (non-hydrogen) atoms. The third-order valence-corrected chi connectivity index (χ3v) is 6.74. The fourth-order valence-electron chi connectivity index (χ4n) is 3.53. The normalized spacial score (nSPS) is 15.1. The van der Waals surface area contributed by atoms with Crippen molar-refractivity contribution in [2.24, 2.45) is 0 Å². The maximum absolute atomic E-state index is 14.5. The number of amides is 1. The van der Waals surface area contributed by atoms with E-state index >= 15 is 0 Å². The molecule has 2 N–H and O–H groups in total. The summed E-state index contributed by atoms with van der Waals surface area (Å²) in [6.45, 7) is 0.284. The summed E-state index contributed by atoms with van der Waals surface area (Å²) in [4.78, 5) is 25.0. The fraction of sp³-hybridized carbons (Fsp3) is 0.292. The number of hydrogen-bond acceptors (Lipinski definition) is 6. The number of alkyl halides is 3. The summed E-state index contributed by atoms with van der Waals surface area (Å²) < 4.78 is 59.4. The van der Waals surface area contributed by atoms with Crippen LogP contribution in [0.15, 0.2) is 35.2 Å². The molecule has 0 saturated carbocycles. The van der Waals surface area contributed by atoms with Crippen molar-refractivity contribution in [3.05, 3.63) is 52.2 Å². The van der Waals surface area contributed by atoms with E-state index in [9.17, 15) is 32.3 Å². The number of methoxy groups -OCH3 is 1. The number of phenols is 1. The Kier molecular flexibility index (Phi) is 8.62. The highest BCUT2D eigenvalue weighted by Gasteiger charge is 2.33. The van der Waals surface area contributed by atoms with Crippen LogP contribution in [0.2, 0.25) is 0 Å². The highest BCUT2D eigenvalue weighted by Crippen LogP contribution is 2.41. The van der Waals surface area contributed by atoms with Gasteiger partial charge >= 0.3 is 12.1 Å². The Hall–Kier alpha value is -3.12. The molecule has 1 fully saturated rings. The van der Waals surface area contributed by atoms with E-state index in [1.54, 1.807) is 0 Å². The summed E-state index contributed by atoms with van der Waals surface area (Å²) in [6, 6.07) is 4.46. The molecule has 0 bridgehead atoms. The van der Waals surface area contributed by atoms with Gasteiger partial charge in [0.2, 0.25) is 0 Å². The SMILES string of the molecule is COc1cc(-c2cc(C(F)(F)F)ccc2F)cc(/C=C2\SC(=S)N(CCCCCC(=O)O)C2=O)c1O. The van der Waals surface area contributed by atoms with Crippen molar-refractivity contribution in [2.75, 3.05) is 13.7 Å². The molecule has 2 aromatic carbocycles. The van der Waals surface area contributed by atoms with Crippen LogP contribution in [0.1, 0.15) is 36.8 Å². The van der Waals surface area contributed by atoms with Crippen molar-refractivity contribution in [2.45, 2.75) is 31.9 Å². The van der Waals surface area contributed by atoms with Gasteiger partial charge < -0.3 is 14.9 Å². The largest absolute Gasteiger partial charge is 0.504 e. The van der Waals surface area contributed by atoms with Gasteiger partial charge in [0.25, 0.3) is 5.91 Å². The van der Waals surface area contributed by atoms with E-state index in [0.29, 0.717) is 37.5 Å². The highest BCUT2D eigenvalue weighted by atomic mass is 32.2. The Labute approximate surface area is 213 Å². The molecular weight excluding hydrogens is 522 g/mol. The number of unbranched alkanes of at least 4 members (excludes halogenated alkanes) is 2. The third kappa shape index (κ3) is 6.35. The quantitative estimate of drug-likeness (QED) is 0.172. The van der Waals surface area contributed by atoms with Crippen molar-refractivity contribution in [3.8, 4) is 22.6 Å². The van der Waals surface area contributed by atoms with E-state index in [1.807, 2.05) is 0 Å². The molecule has 0 aromatic heterocycles. The first-order valence-electron chi connectivity index (χ1n) is 10.7. The molecule has 1 aliphatic heterocycles. The first-order valence-corrected chi connectivity index (χ1v) is 11.9. The van der Waals surface area contributed by atoms with Crippen molar-refractivity contribution in [3.63, 3.8) is 0 Å². The van der Waals surface area contributed by atoms with E-state index in [1.165, 1.54) is 30.2 Å². The Balaban J connectivity index is 1.91. The summed E-state index contributed by atoms with van der Waals surface area (Å²) in [7, 11) is 1.23. The lowest BCUT2D eigenvalue weighted by Gasteiger charge is -2.14. The molecule has 12 heteroatoms. The number of thioether (sulfide) groups is 1. The molecule has 0 aliphatic carbocycles. The van der Waals surface area contributed by atoms with Crippen LogP contribution >= 0.6 is 24.0 Å². The minimum Gasteiger partial charge on any atom is -0.504 e. The Morgan fingerprint density at radius 1 is 1.19 bits per heavy atom. The second kappa shape index (κ2) is 11.3. The van der Waals surface area contributed by atoms with Crippen LogP contribution in [-0.2, 0) is 15.8 Å². The number of halogens is 4. The third-order valence-electron chi connectivity index (χ3n) is 5.36. The lowest BCUT2D eigenvalue weighted by Crippen LogP contribution is -2.29. The molecule has 1 amide bonds. The van der Waals surface area contributed by atoms with Gasteiger partial charge in [0.15, 0.2) is 11.5 Å². The van der Waals surface area contributed by atoms with Crippen molar-refractivity contribution >= 4 is 46.3 Å². The summed E-state index contributed by atoms with van der Waals surface area (Å²) in [5, 5.41) is 19.3. The average molecular weight is 544 g/mol. The van der Waals surface area contributed by atoms with Crippen molar-refractivity contribution in [1.82, 2.24) is 4.90 Å². The molecule has 2 aromatic rings. The Morgan fingerprint density at radius 3 is 2.56 bits per heavy atom. The minimum atomic E-state index is -4.69. The van der Waals surface area contributed by atoms with Gasteiger partial charge in [-0.1, -0.05) is 30.4 Å². The van der Waals surface area contributed by atoms with Crippen LogP contribution in [-0.4, -0.2) is 45.0 Å². The van der Waals surface area contributed by atoms with E-state index in [-0.39, 0.29) is 50.4 Å². The number of phenolic OH excluding ortho intramolecular Hbond substituents is 1. The zero-order chi connectivity index (χ0) is 26.6. The summed E-state index contributed by atoms with van der Waals surface area (Å²) in [5.41, 5.74) is -1.36. The molecule has 192 valence electrons. The number of carboxylic acids is 1. The number of carbonyl (C=O) groups is 2. The number of nitrogens with zero attached hydrogens (tertiary/aromatic N) is 1. The van der Waals surface area contributed by atoms with Gasteiger partial charge in [0.05, 0.1) is 17.6 Å². The van der Waals surface area contributed by atoms with E-state index in [0.717, 1.165) is 11.8 Å². The molecule has 1 aliphatic rings. The number of benzene rings is 2. The minimum absolute atomic E-state index is 0.00779. The summed E-state index contributed by atoms with van der Waals surface area (Å²) in [6.07, 6.45) is -1.75. The maximum atomic E-state index is 14.5. The second-order valence-corrected chi connectivity index (χ2v) is 9.52. The lowest BCUT2D eigenvalue weighted by molar-refractivity contribution is -0.138. The number of aliphatic carboxylic acids is 1. The highest BCUT2D eigenvalue weighted by molar-refractivity contribution is 8.26. The molecule has 1 heterocycles. The number of carboxylic acid groups (broad SMARTS) is 1. The zero-order valence-electron chi connectivity index (χ0n) is 18.9. The Morgan fingerprint density at radius 2 is 1.92 bits per heavy atom. The van der Waals surface area contributed by atoms with Gasteiger partial charge in [-0.3, -0.25) is 14.5 Å². The summed E-state index contributed by atoms with van der Waals surface area (Å²) >= 11 is 6.25. The number of carbonyl (C=O) groups excluding carboxylic acids is 1. The zero-order valence-corrected chi connectivity index (χ0v) is 20.5. The predicted octanol–water partition coefficient (Wildman–Crippen LogP) is 6.07. The van der Waals surface area contributed by atoms with Crippen LogP contribution in [0.4, 0.5) is 17.6 Å². The van der Waals surface area contributed by atoms with Gasteiger partial charge in [-0.2, -0.15) is 13.2 Å². The van der Waals surface area contributed by atoms with Crippen LogP contribution in [0, 0.1) is 5.82 Å². The van der Waals surface area contributed by atoms with Crippen LogP contribution < -0.4 is 4.74 Å². The van der Waals surface area contributed by atoms with Crippen LogP contribution in [0.5, 0.6) is 11.5 Å². The second-order valence-electron chi connectivity index (χ2n) is 7.85. The fourth-order valence-corrected chi connectivity index (χ4v) is 4.83. The number of hydrogen-bond donors (Lipinski definition) is 2. The topological polar surface area (TPSA) is 87.1 Å². The standard InChI is InChI=1S/C24H21F4NO5S2/c1-34-18-10-13(16-12-15(24(26,27)28)6-7-17(16)25)9-14(21(18)32)11-19-22(33)29(23(35)36-19)8-4-2-3-5-20(30)31/h6-7,9-12,32H,2-5,8H2,1H3,(H,30,31)/b19-11-. The molecular formula is C24H21F4NO5S2. The Bertz CT molecular complexity index is 1230. The maximum Gasteiger partial charge on any atom is 0.416 e. The molecule has 0 unspecified atom stereocenters. The average Bonchev–Trinajstić information content (AvgIpc) is 3.06.